The highest BCUT2D eigenvalue weighted by molar-refractivity contribution is 5.61. The van der Waals surface area contributed by atoms with Crippen LogP contribution in [0.3, 0.4) is 0 Å². The number of nitrogens with zero attached hydrogens (tertiary/aromatic N) is 4. The number of nitrogens with two attached hydrogens (primary N) is 1. The Kier molecular flexibility index (Phi) is 3.99. The van der Waals surface area contributed by atoms with Gasteiger partial charge in [-0.15, -0.1) is 10.2 Å². The van der Waals surface area contributed by atoms with Gasteiger partial charge in [-0.2, -0.15) is 0 Å². The summed E-state index contributed by atoms with van der Waals surface area (Å²) in [6, 6.07) is 0. The van der Waals surface area contributed by atoms with E-state index < -0.39 is 0 Å². The lowest BCUT2D eigenvalue weighted by Crippen LogP contribution is -2.24. The Balaban J connectivity index is 2.09. The van der Waals surface area contributed by atoms with Crippen LogP contribution < -0.4 is 11.1 Å². The van der Waals surface area contributed by atoms with Gasteiger partial charge in [-0.25, -0.2) is 4.98 Å². The molecule has 3 N–H and O–H groups in total. The molecule has 0 saturated heterocycles. The first-order valence-electron chi connectivity index (χ1n) is 6.64. The van der Waals surface area contributed by atoms with Crippen molar-refractivity contribution in [2.24, 2.45) is 11.1 Å². The number of hydrogen-bond acceptors (Lipinski definition) is 5. The van der Waals surface area contributed by atoms with E-state index in [2.05, 4.69) is 34.3 Å². The van der Waals surface area contributed by atoms with Gasteiger partial charge in [0.05, 0.1) is 0 Å². The average Bonchev–Trinajstić information content (AvgIpc) is 2.77. The minimum absolute atomic E-state index is 0.183. The van der Waals surface area contributed by atoms with Crippen molar-refractivity contribution in [2.75, 3.05) is 18.4 Å². The van der Waals surface area contributed by atoms with Crippen LogP contribution >= 0.6 is 0 Å². The van der Waals surface area contributed by atoms with Crippen molar-refractivity contribution in [3.63, 3.8) is 0 Å². The van der Waals surface area contributed by atoms with E-state index in [4.69, 9.17) is 5.73 Å². The Labute approximate surface area is 113 Å². The summed E-state index contributed by atoms with van der Waals surface area (Å²) in [7, 11) is 0. The summed E-state index contributed by atoms with van der Waals surface area (Å²) in [5, 5.41) is 11.6. The molecule has 0 bridgehead atoms. The van der Waals surface area contributed by atoms with E-state index in [0.717, 1.165) is 43.2 Å². The molecule has 2 aromatic heterocycles. The van der Waals surface area contributed by atoms with E-state index in [1.165, 1.54) is 0 Å². The van der Waals surface area contributed by atoms with Crippen LogP contribution in [0.2, 0.25) is 0 Å². The number of nitrogens with one attached hydrogen (secondary N) is 1. The minimum atomic E-state index is 0.183. The summed E-state index contributed by atoms with van der Waals surface area (Å²) in [6.07, 6.45) is 5.76. The first kappa shape index (κ1) is 13.7. The highest BCUT2D eigenvalue weighted by Gasteiger charge is 2.18. The van der Waals surface area contributed by atoms with Crippen molar-refractivity contribution in [1.82, 2.24) is 19.6 Å². The summed E-state index contributed by atoms with van der Waals surface area (Å²) in [6.45, 7) is 7.96. The zero-order valence-electron chi connectivity index (χ0n) is 11.8. The lowest BCUT2D eigenvalue weighted by molar-refractivity contribution is 0.350. The van der Waals surface area contributed by atoms with Crippen LogP contribution in [-0.4, -0.2) is 32.7 Å². The Bertz CT molecular complexity index is 545. The molecule has 0 fully saturated rings. The molecule has 0 unspecified atom stereocenters. The molecule has 0 aliphatic heterocycles. The molecule has 0 aliphatic carbocycles. The second-order valence-corrected chi connectivity index (χ2v) is 5.63. The van der Waals surface area contributed by atoms with Gasteiger partial charge in [0.15, 0.2) is 5.82 Å². The topological polar surface area (TPSA) is 81.1 Å². The molecule has 0 saturated carbocycles. The molecule has 6 heteroatoms. The highest BCUT2D eigenvalue weighted by atomic mass is 15.3. The summed E-state index contributed by atoms with van der Waals surface area (Å²) in [5.74, 6) is 1.65. The molecule has 2 aromatic rings. The fourth-order valence-electron chi connectivity index (χ4n) is 2.06. The maximum atomic E-state index is 5.57. The van der Waals surface area contributed by atoms with Crippen molar-refractivity contribution in [2.45, 2.75) is 33.6 Å². The Hall–Kier alpha value is -1.69. The Morgan fingerprint density at radius 1 is 1.37 bits per heavy atom. The van der Waals surface area contributed by atoms with Crippen LogP contribution in [-0.2, 0) is 0 Å². The van der Waals surface area contributed by atoms with Gasteiger partial charge in [0.2, 0.25) is 5.65 Å². The first-order chi connectivity index (χ1) is 9.03. The fraction of sp³-hybridized carbons (Fsp3) is 0.615. The number of aryl methyl sites for hydroxylation is 1. The summed E-state index contributed by atoms with van der Waals surface area (Å²) >= 11 is 0. The molecule has 6 nitrogen and oxygen atoms in total. The average molecular weight is 262 g/mol. The highest BCUT2D eigenvalue weighted by Crippen LogP contribution is 2.23. The predicted molar refractivity (Wildman–Crippen MR) is 76.1 cm³/mol. The van der Waals surface area contributed by atoms with Crippen LogP contribution in [0.5, 0.6) is 0 Å². The monoisotopic (exact) mass is 262 g/mol. The third-order valence-corrected chi connectivity index (χ3v) is 3.29. The van der Waals surface area contributed by atoms with Gasteiger partial charge >= 0.3 is 0 Å². The van der Waals surface area contributed by atoms with Crippen LogP contribution in [0, 0.1) is 12.3 Å². The predicted octanol–water partition coefficient (Wildman–Crippen LogP) is 1.61. The summed E-state index contributed by atoms with van der Waals surface area (Å²) in [5.41, 5.74) is 6.52. The molecule has 0 spiro atoms. The van der Waals surface area contributed by atoms with E-state index >= 15 is 0 Å². The smallest absolute Gasteiger partial charge is 0.203 e. The normalized spacial score (nSPS) is 12.0. The molecular weight excluding hydrogens is 240 g/mol. The number of hydrogen-bond donors (Lipinski definition) is 2. The van der Waals surface area contributed by atoms with Gasteiger partial charge in [-0.3, -0.25) is 4.40 Å². The van der Waals surface area contributed by atoms with Gasteiger partial charge in [0.1, 0.15) is 5.82 Å². The SMILES string of the molecule is Cc1nnc2c(NCC(C)(C)CCCN)nccn12. The Morgan fingerprint density at radius 2 is 2.16 bits per heavy atom. The van der Waals surface area contributed by atoms with Gasteiger partial charge in [0, 0.05) is 18.9 Å². The minimum Gasteiger partial charge on any atom is -0.366 e. The third-order valence-electron chi connectivity index (χ3n) is 3.29. The van der Waals surface area contributed by atoms with Crippen molar-refractivity contribution >= 4 is 11.5 Å². The lowest BCUT2D eigenvalue weighted by atomic mass is 9.88. The van der Waals surface area contributed by atoms with Gasteiger partial charge in [-0.05, 0) is 31.7 Å². The van der Waals surface area contributed by atoms with E-state index in [9.17, 15) is 0 Å². The van der Waals surface area contributed by atoms with E-state index in [0.29, 0.717) is 0 Å². The third kappa shape index (κ3) is 3.20. The molecule has 0 aliphatic rings. The standard InChI is InChI=1S/C13H22N6/c1-10-17-18-12-11(15-7-8-19(10)12)16-9-13(2,3)5-4-6-14/h7-8H,4-6,9,14H2,1-3H3,(H,15,16). The first-order valence-corrected chi connectivity index (χ1v) is 6.64. The molecule has 2 heterocycles. The fourth-order valence-corrected chi connectivity index (χ4v) is 2.06. The Morgan fingerprint density at radius 3 is 2.89 bits per heavy atom. The second kappa shape index (κ2) is 5.52. The molecule has 19 heavy (non-hydrogen) atoms. The quantitative estimate of drug-likeness (QED) is 0.826. The van der Waals surface area contributed by atoms with Crippen molar-refractivity contribution in [3.05, 3.63) is 18.2 Å². The van der Waals surface area contributed by atoms with Crippen molar-refractivity contribution in [3.8, 4) is 0 Å². The number of rotatable bonds is 6. The molecule has 2 rings (SSSR count). The van der Waals surface area contributed by atoms with E-state index in [1.807, 2.05) is 17.5 Å². The summed E-state index contributed by atoms with van der Waals surface area (Å²) in [4.78, 5) is 4.34. The van der Waals surface area contributed by atoms with Gasteiger partial charge < -0.3 is 11.1 Å². The molecule has 0 aromatic carbocycles. The van der Waals surface area contributed by atoms with E-state index in [-0.39, 0.29) is 5.41 Å². The maximum absolute atomic E-state index is 5.57. The van der Waals surface area contributed by atoms with Crippen molar-refractivity contribution < 1.29 is 0 Å². The summed E-state index contributed by atoms with van der Waals surface area (Å²) < 4.78 is 1.93. The number of anilines is 1. The molecular formula is C13H22N6. The van der Waals surface area contributed by atoms with Crippen LogP contribution in [0.1, 0.15) is 32.5 Å². The second-order valence-electron chi connectivity index (χ2n) is 5.63. The van der Waals surface area contributed by atoms with Crippen LogP contribution in [0.4, 0.5) is 5.82 Å². The van der Waals surface area contributed by atoms with Gasteiger partial charge in [0.25, 0.3) is 0 Å². The van der Waals surface area contributed by atoms with Crippen LogP contribution in [0.25, 0.3) is 5.65 Å². The van der Waals surface area contributed by atoms with Gasteiger partial charge in [-0.1, -0.05) is 13.8 Å². The van der Waals surface area contributed by atoms with E-state index in [1.54, 1.807) is 6.20 Å². The molecule has 104 valence electrons. The molecule has 0 radical (unpaired) electrons. The molecule has 0 atom stereocenters. The van der Waals surface area contributed by atoms with Crippen LogP contribution in [0.15, 0.2) is 12.4 Å². The lowest BCUT2D eigenvalue weighted by Gasteiger charge is -2.25. The van der Waals surface area contributed by atoms with Crippen molar-refractivity contribution in [1.29, 1.82) is 0 Å². The largest absolute Gasteiger partial charge is 0.366 e. The maximum Gasteiger partial charge on any atom is 0.203 e. The number of fused-ring (bicyclic) bond motifs is 1. The zero-order chi connectivity index (χ0) is 13.9. The molecule has 0 amide bonds. The zero-order valence-corrected chi connectivity index (χ0v) is 11.8. The number of aromatic nitrogens is 4.